The highest BCUT2D eigenvalue weighted by molar-refractivity contribution is 8.00. The fourth-order valence-corrected chi connectivity index (χ4v) is 7.45. The lowest BCUT2D eigenvalue weighted by Gasteiger charge is -2.55. The smallest absolute Gasteiger partial charge is 0.319 e. The van der Waals surface area contributed by atoms with Crippen LogP contribution in [0.15, 0.2) is 29.4 Å². The number of aromatic nitrogens is 3. The summed E-state index contributed by atoms with van der Waals surface area (Å²) < 4.78 is 20.9. The van der Waals surface area contributed by atoms with Crippen LogP contribution in [0.2, 0.25) is 0 Å². The number of hydrogen-bond acceptors (Lipinski definition) is 6. The van der Waals surface area contributed by atoms with E-state index in [0.717, 1.165) is 19.3 Å². The Morgan fingerprint density at radius 3 is 2.50 bits per heavy atom. The van der Waals surface area contributed by atoms with Crippen LogP contribution >= 0.6 is 11.8 Å². The maximum Gasteiger partial charge on any atom is 0.319 e. The molecule has 1 aromatic heterocycles. The normalized spacial score (nSPS) is 28.0. The third-order valence-corrected chi connectivity index (χ3v) is 8.62. The first kappa shape index (κ1) is 23.3. The Bertz CT molecular complexity index is 1050. The summed E-state index contributed by atoms with van der Waals surface area (Å²) in [6.45, 7) is 3.98. The number of esters is 1. The maximum absolute atomic E-state index is 14.0. The van der Waals surface area contributed by atoms with E-state index < -0.39 is 5.25 Å². The number of nitrogens with one attached hydrogen (secondary N) is 1. The summed E-state index contributed by atoms with van der Waals surface area (Å²) in [6.07, 6.45) is 6.79. The van der Waals surface area contributed by atoms with Crippen LogP contribution in [-0.4, -0.2) is 38.5 Å². The van der Waals surface area contributed by atoms with Gasteiger partial charge < -0.3 is 10.1 Å². The van der Waals surface area contributed by atoms with Crippen molar-refractivity contribution < 1.29 is 18.7 Å². The van der Waals surface area contributed by atoms with Gasteiger partial charge in [0.2, 0.25) is 5.91 Å². The predicted octanol–water partition coefficient (Wildman–Crippen LogP) is 4.28. The van der Waals surface area contributed by atoms with E-state index >= 15 is 0 Å². The summed E-state index contributed by atoms with van der Waals surface area (Å²) in [5.74, 6) is 1.92. The van der Waals surface area contributed by atoms with Crippen LogP contribution in [0.5, 0.6) is 0 Å². The molecule has 4 bridgehead atoms. The quantitative estimate of drug-likeness (QED) is 0.443. The van der Waals surface area contributed by atoms with Crippen molar-refractivity contribution in [3.8, 4) is 5.69 Å². The van der Waals surface area contributed by atoms with E-state index in [-0.39, 0.29) is 29.7 Å². The van der Waals surface area contributed by atoms with E-state index in [0.29, 0.717) is 41.0 Å². The predicted molar refractivity (Wildman–Crippen MR) is 126 cm³/mol. The summed E-state index contributed by atoms with van der Waals surface area (Å²) in [6, 6.07) is 6.14. The molecule has 0 aliphatic heterocycles. The molecule has 4 aliphatic rings. The minimum atomic E-state index is -0.508. The van der Waals surface area contributed by atoms with Gasteiger partial charge in [0.05, 0.1) is 18.8 Å². The number of amides is 1. The van der Waals surface area contributed by atoms with Crippen molar-refractivity contribution in [2.45, 2.75) is 69.3 Å². The van der Waals surface area contributed by atoms with Crippen molar-refractivity contribution in [1.82, 2.24) is 20.1 Å². The zero-order chi connectivity index (χ0) is 23.9. The van der Waals surface area contributed by atoms with Gasteiger partial charge in [-0.2, -0.15) is 0 Å². The van der Waals surface area contributed by atoms with Gasteiger partial charge in [0.1, 0.15) is 11.1 Å². The molecule has 9 heteroatoms. The lowest BCUT2D eigenvalue weighted by molar-refractivity contribution is -0.146. The first-order valence-corrected chi connectivity index (χ1v) is 13.1. The van der Waals surface area contributed by atoms with Gasteiger partial charge >= 0.3 is 5.97 Å². The third-order valence-electron chi connectivity index (χ3n) is 7.59. The average molecular weight is 487 g/mol. The molecule has 7 nitrogen and oxygen atoms in total. The Balaban J connectivity index is 1.36. The molecular weight excluding hydrogens is 455 g/mol. The van der Waals surface area contributed by atoms with Gasteiger partial charge in [-0.3, -0.25) is 14.2 Å². The number of halogens is 1. The molecule has 1 N–H and O–H groups in total. The maximum atomic E-state index is 14.0. The second-order valence-electron chi connectivity index (χ2n) is 10.1. The molecule has 1 aromatic carbocycles. The Morgan fingerprint density at radius 1 is 1.21 bits per heavy atom. The minimum absolute atomic E-state index is 0.106. The first-order chi connectivity index (χ1) is 16.4. The third kappa shape index (κ3) is 4.46. The number of nitrogens with zero attached hydrogens (tertiary/aromatic N) is 3. The molecule has 182 valence electrons. The number of hydrogen-bond donors (Lipinski definition) is 1. The lowest BCUT2D eigenvalue weighted by atomic mass is 9.49. The molecule has 2 aromatic rings. The summed E-state index contributed by atoms with van der Waals surface area (Å²) in [4.78, 5) is 25.6. The fourth-order valence-electron chi connectivity index (χ4n) is 6.57. The van der Waals surface area contributed by atoms with Crippen molar-refractivity contribution in [2.24, 2.45) is 23.2 Å². The molecule has 1 amide bonds. The molecule has 1 atom stereocenters. The molecule has 0 saturated heterocycles. The minimum Gasteiger partial charge on any atom is -0.465 e. The van der Waals surface area contributed by atoms with Gasteiger partial charge in [0.15, 0.2) is 11.0 Å². The van der Waals surface area contributed by atoms with Gasteiger partial charge in [0.25, 0.3) is 0 Å². The van der Waals surface area contributed by atoms with Crippen LogP contribution in [-0.2, 0) is 20.9 Å². The van der Waals surface area contributed by atoms with Crippen LogP contribution in [0.1, 0.15) is 58.2 Å². The zero-order valence-corrected chi connectivity index (χ0v) is 20.4. The Hall–Kier alpha value is -2.42. The van der Waals surface area contributed by atoms with Crippen LogP contribution in [0.25, 0.3) is 5.69 Å². The fraction of sp³-hybridized carbons (Fsp3) is 0.600. The summed E-state index contributed by atoms with van der Waals surface area (Å²) >= 11 is 1.20. The van der Waals surface area contributed by atoms with Gasteiger partial charge in [-0.05, 0) is 88.3 Å². The van der Waals surface area contributed by atoms with E-state index in [1.54, 1.807) is 30.5 Å². The molecule has 0 unspecified atom stereocenters. The summed E-state index contributed by atoms with van der Waals surface area (Å²) in [5, 5.41) is 11.6. The van der Waals surface area contributed by atoms with E-state index in [4.69, 9.17) is 4.74 Å². The highest BCUT2D eigenvalue weighted by atomic mass is 32.2. The number of benzene rings is 1. The number of carbonyl (C=O) groups is 2. The molecule has 0 spiro atoms. The first-order valence-electron chi connectivity index (χ1n) is 12.2. The highest BCUT2D eigenvalue weighted by Gasteiger charge is 2.54. The van der Waals surface area contributed by atoms with Crippen LogP contribution in [0, 0.1) is 29.0 Å². The topological polar surface area (TPSA) is 86.1 Å². The van der Waals surface area contributed by atoms with Crippen molar-refractivity contribution >= 4 is 23.6 Å². The average Bonchev–Trinajstić information content (AvgIpc) is 3.19. The van der Waals surface area contributed by atoms with Crippen LogP contribution in [0.4, 0.5) is 4.39 Å². The summed E-state index contributed by atoms with van der Waals surface area (Å²) in [7, 11) is 0. The van der Waals surface area contributed by atoms with E-state index in [1.165, 1.54) is 43.2 Å². The zero-order valence-electron chi connectivity index (χ0n) is 19.6. The largest absolute Gasteiger partial charge is 0.465 e. The molecule has 0 radical (unpaired) electrons. The van der Waals surface area contributed by atoms with E-state index in [2.05, 4.69) is 15.5 Å². The SMILES string of the molecule is CCOC(=O)[C@H](C)Sc1nnc(CNC(=O)C23CC4CC(CC(C4)C2)C3)n1-c1cccc(F)c1. The van der Waals surface area contributed by atoms with Gasteiger partial charge in [-0.15, -0.1) is 10.2 Å². The number of rotatable bonds is 8. The molecule has 34 heavy (non-hydrogen) atoms. The number of thioether (sulfide) groups is 1. The van der Waals surface area contributed by atoms with Crippen molar-refractivity contribution in [2.75, 3.05) is 6.61 Å². The number of carbonyl (C=O) groups excluding carboxylic acids is 2. The second kappa shape index (κ2) is 9.32. The molecule has 6 rings (SSSR count). The van der Waals surface area contributed by atoms with Gasteiger partial charge in [-0.1, -0.05) is 17.8 Å². The van der Waals surface area contributed by atoms with Crippen molar-refractivity contribution in [3.05, 3.63) is 35.9 Å². The number of ether oxygens (including phenoxy) is 1. The summed E-state index contributed by atoms with van der Waals surface area (Å²) in [5.41, 5.74) is 0.289. The molecule has 1 heterocycles. The van der Waals surface area contributed by atoms with Crippen molar-refractivity contribution in [3.63, 3.8) is 0 Å². The van der Waals surface area contributed by atoms with E-state index in [9.17, 15) is 14.0 Å². The molecular formula is C25H31FN4O3S. The molecule has 4 fully saturated rings. The van der Waals surface area contributed by atoms with Gasteiger partial charge in [0, 0.05) is 5.41 Å². The van der Waals surface area contributed by atoms with Crippen LogP contribution < -0.4 is 5.32 Å². The monoisotopic (exact) mass is 486 g/mol. The molecule has 4 aliphatic carbocycles. The van der Waals surface area contributed by atoms with Gasteiger partial charge in [-0.25, -0.2) is 4.39 Å². The Kier molecular flexibility index (Phi) is 6.39. The Labute approximate surface area is 203 Å². The van der Waals surface area contributed by atoms with Crippen LogP contribution in [0.3, 0.4) is 0 Å². The standard InChI is InChI=1S/C25H31FN4O3S/c1-3-33-22(31)15(2)34-24-29-28-21(30(24)20-6-4-5-19(26)10-20)14-27-23(32)25-11-16-7-17(12-25)9-18(8-16)13-25/h4-6,10,15-18H,3,7-9,11-14H2,1-2H3,(H,27,32)/t15-,16?,17?,18?,25?/m0/s1. The Morgan fingerprint density at radius 2 is 1.88 bits per heavy atom. The van der Waals surface area contributed by atoms with Crippen molar-refractivity contribution in [1.29, 1.82) is 0 Å². The molecule has 4 saturated carbocycles. The highest BCUT2D eigenvalue weighted by Crippen LogP contribution is 2.60. The van der Waals surface area contributed by atoms with E-state index in [1.807, 2.05) is 0 Å². The second-order valence-corrected chi connectivity index (χ2v) is 11.4. The lowest BCUT2D eigenvalue weighted by Crippen LogP contribution is -2.53.